The fourth-order valence-electron chi connectivity index (χ4n) is 1.79. The molecule has 0 heterocycles. The normalized spacial score (nSPS) is 13.2. The molecule has 0 spiro atoms. The van der Waals surface area contributed by atoms with Gasteiger partial charge in [-0.15, -0.1) is 0 Å². The number of rotatable bonds is 8. The van der Waals surface area contributed by atoms with Crippen LogP contribution in [-0.2, 0) is 19.1 Å². The first-order valence-electron chi connectivity index (χ1n) is 6.28. The molecule has 0 aliphatic carbocycles. The Morgan fingerprint density at radius 2 is 1.81 bits per heavy atom. The third kappa shape index (κ3) is 5.23. The molecule has 0 saturated heterocycles. The summed E-state index contributed by atoms with van der Waals surface area (Å²) in [4.78, 5) is 33.6. The van der Waals surface area contributed by atoms with Crippen LogP contribution < -0.4 is 5.32 Å². The maximum Gasteiger partial charge on any atom is 0.326 e. The van der Waals surface area contributed by atoms with Crippen molar-refractivity contribution in [2.24, 2.45) is 0 Å². The van der Waals surface area contributed by atoms with Gasteiger partial charge in [-0.1, -0.05) is 30.3 Å². The van der Waals surface area contributed by atoms with Gasteiger partial charge in [-0.05, 0) is 12.0 Å². The topological polar surface area (TPSA) is 113 Å². The van der Waals surface area contributed by atoms with Crippen LogP contribution in [0.2, 0.25) is 0 Å². The van der Waals surface area contributed by atoms with E-state index in [1.54, 1.807) is 30.3 Å². The van der Waals surface area contributed by atoms with Crippen LogP contribution in [0.5, 0.6) is 0 Å². The van der Waals surface area contributed by atoms with Crippen molar-refractivity contribution in [2.45, 2.75) is 25.0 Å². The molecule has 0 aliphatic heterocycles. The molecular weight excluding hydrogens is 278 g/mol. The molecule has 3 N–H and O–H groups in total. The molecule has 2 atom stereocenters. The number of aliphatic carboxylic acids is 2. The van der Waals surface area contributed by atoms with Crippen molar-refractivity contribution >= 4 is 17.8 Å². The summed E-state index contributed by atoms with van der Waals surface area (Å²) in [6.07, 6.45) is -1.49. The van der Waals surface area contributed by atoms with E-state index in [1.807, 2.05) is 0 Å². The number of methoxy groups -OCH3 is 1. The number of ether oxygens (including phenoxy) is 1. The van der Waals surface area contributed by atoms with Crippen molar-refractivity contribution in [1.29, 1.82) is 0 Å². The molecule has 0 unspecified atom stereocenters. The largest absolute Gasteiger partial charge is 0.481 e. The molecule has 1 aromatic carbocycles. The van der Waals surface area contributed by atoms with Crippen molar-refractivity contribution in [3.63, 3.8) is 0 Å². The zero-order valence-corrected chi connectivity index (χ0v) is 11.5. The van der Waals surface area contributed by atoms with Crippen LogP contribution in [-0.4, -0.2) is 41.2 Å². The maximum absolute atomic E-state index is 12.1. The number of benzene rings is 1. The van der Waals surface area contributed by atoms with Crippen molar-refractivity contribution < 1.29 is 29.3 Å². The summed E-state index contributed by atoms with van der Waals surface area (Å²) in [6, 6.07) is 7.33. The number of carboxylic acids is 2. The zero-order chi connectivity index (χ0) is 15.8. The Bertz CT molecular complexity index is 501. The minimum atomic E-state index is -1.28. The van der Waals surface area contributed by atoms with Crippen LogP contribution in [0.25, 0.3) is 0 Å². The summed E-state index contributed by atoms with van der Waals surface area (Å²) in [5.41, 5.74) is 0.583. The zero-order valence-electron chi connectivity index (χ0n) is 11.5. The number of amides is 1. The van der Waals surface area contributed by atoms with E-state index < -0.39 is 30.0 Å². The SMILES string of the molecule is CO[C@@H](C(=O)N[C@@H](CCC(=O)O)C(=O)O)c1ccccc1. The van der Waals surface area contributed by atoms with Gasteiger partial charge in [-0.25, -0.2) is 4.79 Å². The first-order valence-corrected chi connectivity index (χ1v) is 6.28. The summed E-state index contributed by atoms with van der Waals surface area (Å²) in [5.74, 6) is -3.03. The Morgan fingerprint density at radius 3 is 2.29 bits per heavy atom. The summed E-state index contributed by atoms with van der Waals surface area (Å²) in [6.45, 7) is 0. The van der Waals surface area contributed by atoms with Crippen LogP contribution in [0.1, 0.15) is 24.5 Å². The fourth-order valence-corrected chi connectivity index (χ4v) is 1.79. The molecule has 1 aromatic rings. The monoisotopic (exact) mass is 295 g/mol. The minimum absolute atomic E-state index is 0.193. The van der Waals surface area contributed by atoms with Gasteiger partial charge in [0.1, 0.15) is 6.04 Å². The average Bonchev–Trinajstić information content (AvgIpc) is 2.44. The highest BCUT2D eigenvalue weighted by Gasteiger charge is 2.26. The average molecular weight is 295 g/mol. The summed E-state index contributed by atoms with van der Waals surface area (Å²) < 4.78 is 5.08. The molecule has 0 bridgehead atoms. The first-order chi connectivity index (χ1) is 9.95. The highest BCUT2D eigenvalue weighted by Crippen LogP contribution is 2.16. The summed E-state index contributed by atoms with van der Waals surface area (Å²) >= 11 is 0. The van der Waals surface area contributed by atoms with E-state index in [4.69, 9.17) is 14.9 Å². The Morgan fingerprint density at radius 1 is 1.19 bits per heavy atom. The van der Waals surface area contributed by atoms with E-state index in [0.717, 1.165) is 0 Å². The van der Waals surface area contributed by atoms with Gasteiger partial charge in [0.25, 0.3) is 5.91 Å². The predicted molar refractivity (Wildman–Crippen MR) is 72.6 cm³/mol. The van der Waals surface area contributed by atoms with E-state index >= 15 is 0 Å². The molecule has 7 nitrogen and oxygen atoms in total. The maximum atomic E-state index is 12.1. The summed E-state index contributed by atoms with van der Waals surface area (Å²) in [7, 11) is 1.34. The number of nitrogens with one attached hydrogen (secondary N) is 1. The molecule has 0 saturated carbocycles. The quantitative estimate of drug-likeness (QED) is 0.654. The van der Waals surface area contributed by atoms with E-state index in [9.17, 15) is 14.4 Å². The first kappa shape index (κ1) is 16.6. The lowest BCUT2D eigenvalue weighted by Crippen LogP contribution is -2.43. The predicted octanol–water partition coefficient (Wildman–Crippen LogP) is 0.808. The molecule has 1 amide bonds. The molecule has 114 valence electrons. The van der Waals surface area contributed by atoms with Crippen molar-refractivity contribution in [3.8, 4) is 0 Å². The van der Waals surface area contributed by atoms with Crippen LogP contribution in [0.15, 0.2) is 30.3 Å². The van der Waals surface area contributed by atoms with Crippen LogP contribution >= 0.6 is 0 Å². The van der Waals surface area contributed by atoms with Crippen LogP contribution in [0, 0.1) is 0 Å². The number of carboxylic acid groups (broad SMARTS) is 2. The smallest absolute Gasteiger partial charge is 0.326 e. The van der Waals surface area contributed by atoms with Gasteiger partial charge in [0.05, 0.1) is 0 Å². The van der Waals surface area contributed by atoms with Gasteiger partial charge in [-0.3, -0.25) is 9.59 Å². The summed E-state index contributed by atoms with van der Waals surface area (Å²) in [5, 5.41) is 19.9. The molecular formula is C14H17NO6. The Hall–Kier alpha value is -2.41. The molecule has 0 aliphatic rings. The standard InChI is InChI=1S/C14H17NO6/c1-21-12(9-5-3-2-4-6-9)13(18)15-10(14(19)20)7-8-11(16)17/h2-6,10,12H,7-8H2,1H3,(H,15,18)(H,16,17)(H,19,20)/t10-,12+/m0/s1. The molecule has 1 rings (SSSR count). The lowest BCUT2D eigenvalue weighted by atomic mass is 10.1. The second-order valence-electron chi connectivity index (χ2n) is 4.36. The molecule has 0 radical (unpaired) electrons. The highest BCUT2D eigenvalue weighted by atomic mass is 16.5. The Kier molecular flexibility index (Phi) is 6.35. The highest BCUT2D eigenvalue weighted by molar-refractivity contribution is 5.87. The van der Waals surface area contributed by atoms with Gasteiger partial charge in [0, 0.05) is 13.5 Å². The van der Waals surface area contributed by atoms with Gasteiger partial charge < -0.3 is 20.3 Å². The number of hydrogen-bond acceptors (Lipinski definition) is 4. The van der Waals surface area contributed by atoms with Gasteiger partial charge in [0.15, 0.2) is 6.10 Å². The molecule has 0 aromatic heterocycles. The second kappa shape index (κ2) is 8.01. The van der Waals surface area contributed by atoms with Crippen LogP contribution in [0.4, 0.5) is 0 Å². The van der Waals surface area contributed by atoms with Crippen molar-refractivity contribution in [1.82, 2.24) is 5.32 Å². The van der Waals surface area contributed by atoms with Gasteiger partial charge >= 0.3 is 11.9 Å². The second-order valence-corrected chi connectivity index (χ2v) is 4.36. The van der Waals surface area contributed by atoms with Gasteiger partial charge in [0.2, 0.25) is 0 Å². The van der Waals surface area contributed by atoms with Crippen molar-refractivity contribution in [2.75, 3.05) is 7.11 Å². The molecule has 0 fully saturated rings. The number of carbonyl (C=O) groups excluding carboxylic acids is 1. The number of hydrogen-bond donors (Lipinski definition) is 3. The van der Waals surface area contributed by atoms with Crippen molar-refractivity contribution in [3.05, 3.63) is 35.9 Å². The Balaban J connectivity index is 2.75. The van der Waals surface area contributed by atoms with Gasteiger partial charge in [-0.2, -0.15) is 0 Å². The fraction of sp³-hybridized carbons (Fsp3) is 0.357. The van der Waals surface area contributed by atoms with E-state index in [0.29, 0.717) is 5.56 Å². The third-order valence-electron chi connectivity index (χ3n) is 2.84. The lowest BCUT2D eigenvalue weighted by molar-refractivity contribution is -0.145. The molecule has 21 heavy (non-hydrogen) atoms. The minimum Gasteiger partial charge on any atom is -0.481 e. The number of carbonyl (C=O) groups is 3. The van der Waals surface area contributed by atoms with E-state index in [1.165, 1.54) is 7.11 Å². The third-order valence-corrected chi connectivity index (χ3v) is 2.84. The van der Waals surface area contributed by atoms with Crippen LogP contribution in [0.3, 0.4) is 0 Å². The Labute approximate surface area is 121 Å². The lowest BCUT2D eigenvalue weighted by Gasteiger charge is -2.19. The molecule has 7 heteroatoms. The van der Waals surface area contributed by atoms with E-state index in [-0.39, 0.29) is 12.8 Å². The van der Waals surface area contributed by atoms with E-state index in [2.05, 4.69) is 5.32 Å².